The summed E-state index contributed by atoms with van der Waals surface area (Å²) in [6.45, 7) is 1.41. The maximum absolute atomic E-state index is 5.66. The van der Waals surface area contributed by atoms with Gasteiger partial charge in [-0.1, -0.05) is 0 Å². The van der Waals surface area contributed by atoms with Crippen molar-refractivity contribution in [1.82, 2.24) is 19.7 Å². The molecule has 0 fully saturated rings. The van der Waals surface area contributed by atoms with Crippen molar-refractivity contribution < 1.29 is 4.74 Å². The van der Waals surface area contributed by atoms with Crippen LogP contribution in [0.5, 0.6) is 5.75 Å². The van der Waals surface area contributed by atoms with E-state index >= 15 is 0 Å². The highest BCUT2D eigenvalue weighted by Crippen LogP contribution is 2.25. The number of anilines is 2. The Morgan fingerprint density at radius 3 is 3.06 bits per heavy atom. The number of ether oxygens (including phenoxy) is 1. The minimum atomic E-state index is 0.323. The average molecular weight is 234 g/mol. The predicted octanol–water partition coefficient (Wildman–Crippen LogP) is 0.376. The first-order valence-electron chi connectivity index (χ1n) is 5.17. The van der Waals surface area contributed by atoms with Gasteiger partial charge in [0.1, 0.15) is 6.33 Å². The van der Waals surface area contributed by atoms with E-state index in [0.29, 0.717) is 23.9 Å². The number of nitrogens with zero attached hydrogens (tertiary/aromatic N) is 4. The monoisotopic (exact) mass is 234 g/mol. The van der Waals surface area contributed by atoms with E-state index in [4.69, 9.17) is 10.5 Å². The molecule has 0 aromatic carbocycles. The summed E-state index contributed by atoms with van der Waals surface area (Å²) in [5.41, 5.74) is 5.66. The molecule has 3 N–H and O–H groups in total. The van der Waals surface area contributed by atoms with Gasteiger partial charge in [-0.05, 0) is 6.07 Å². The van der Waals surface area contributed by atoms with E-state index in [1.54, 1.807) is 6.20 Å². The van der Waals surface area contributed by atoms with Crippen LogP contribution in [0.4, 0.5) is 11.6 Å². The third-order valence-corrected chi connectivity index (χ3v) is 2.23. The Morgan fingerprint density at radius 1 is 1.47 bits per heavy atom. The van der Waals surface area contributed by atoms with Gasteiger partial charge in [0.05, 0.1) is 13.7 Å². The second-order valence-electron chi connectivity index (χ2n) is 3.34. The molecule has 0 aliphatic rings. The molecule has 0 bridgehead atoms. The molecule has 0 aliphatic heterocycles. The molecule has 7 nitrogen and oxygen atoms in total. The molecule has 0 spiro atoms. The lowest BCUT2D eigenvalue weighted by Crippen LogP contribution is -2.13. The number of hydrogen-bond donors (Lipinski definition) is 2. The van der Waals surface area contributed by atoms with E-state index in [0.717, 1.165) is 6.54 Å². The molecule has 7 heteroatoms. The Hall–Kier alpha value is -2.31. The standard InChI is InChI=1S/C10H14N6O/c1-17-8-9(11)13-7-14-10(8)12-4-6-16-5-2-3-15-16/h2-3,5,7H,4,6H2,1H3,(H3,11,12,13,14). The Kier molecular flexibility index (Phi) is 3.39. The van der Waals surface area contributed by atoms with Crippen LogP contribution in [0.15, 0.2) is 24.8 Å². The molecule has 0 aliphatic carbocycles. The van der Waals surface area contributed by atoms with Crippen LogP contribution in [-0.4, -0.2) is 33.4 Å². The summed E-state index contributed by atoms with van der Waals surface area (Å²) in [6, 6.07) is 1.88. The Labute approximate surface area is 98.6 Å². The maximum Gasteiger partial charge on any atom is 0.203 e. The minimum Gasteiger partial charge on any atom is -0.490 e. The fourth-order valence-corrected chi connectivity index (χ4v) is 1.44. The topological polar surface area (TPSA) is 90.9 Å². The van der Waals surface area contributed by atoms with Crippen molar-refractivity contribution in [2.24, 2.45) is 0 Å². The summed E-state index contributed by atoms with van der Waals surface area (Å²) in [6.07, 6.45) is 5.03. The number of rotatable bonds is 5. The van der Waals surface area contributed by atoms with Crippen molar-refractivity contribution in [3.05, 3.63) is 24.8 Å². The summed E-state index contributed by atoms with van der Waals surface area (Å²) in [5.74, 6) is 1.38. The molecule has 17 heavy (non-hydrogen) atoms. The zero-order valence-corrected chi connectivity index (χ0v) is 9.50. The van der Waals surface area contributed by atoms with Crippen molar-refractivity contribution >= 4 is 11.6 Å². The van der Waals surface area contributed by atoms with Gasteiger partial charge < -0.3 is 15.8 Å². The highest BCUT2D eigenvalue weighted by atomic mass is 16.5. The number of nitrogens with two attached hydrogens (primary N) is 1. The Balaban J connectivity index is 1.97. The minimum absolute atomic E-state index is 0.323. The Morgan fingerprint density at radius 2 is 2.35 bits per heavy atom. The molecule has 2 aromatic rings. The van der Waals surface area contributed by atoms with Crippen molar-refractivity contribution in [3.8, 4) is 5.75 Å². The molecule has 0 saturated carbocycles. The molecular formula is C10H14N6O. The fraction of sp³-hybridized carbons (Fsp3) is 0.300. The van der Waals surface area contributed by atoms with E-state index in [-0.39, 0.29) is 0 Å². The maximum atomic E-state index is 5.66. The van der Waals surface area contributed by atoms with Crippen molar-refractivity contribution in [2.75, 3.05) is 24.7 Å². The first-order valence-corrected chi connectivity index (χ1v) is 5.17. The first kappa shape index (κ1) is 11.2. The smallest absolute Gasteiger partial charge is 0.203 e. The third kappa shape index (κ3) is 2.63. The van der Waals surface area contributed by atoms with Crippen LogP contribution < -0.4 is 15.8 Å². The summed E-state index contributed by atoms with van der Waals surface area (Å²) in [4.78, 5) is 7.93. The number of nitrogens with one attached hydrogen (secondary N) is 1. The number of nitrogen functional groups attached to an aromatic ring is 1. The molecule has 90 valence electrons. The molecule has 0 unspecified atom stereocenters. The third-order valence-electron chi connectivity index (χ3n) is 2.23. The molecule has 2 heterocycles. The van der Waals surface area contributed by atoms with Crippen LogP contribution in [0.25, 0.3) is 0 Å². The van der Waals surface area contributed by atoms with Crippen molar-refractivity contribution in [2.45, 2.75) is 6.54 Å². The SMILES string of the molecule is COc1c(N)ncnc1NCCn1cccn1. The van der Waals surface area contributed by atoms with Crippen LogP contribution in [0.3, 0.4) is 0 Å². The van der Waals surface area contributed by atoms with Gasteiger partial charge in [0, 0.05) is 18.9 Å². The van der Waals surface area contributed by atoms with Gasteiger partial charge in [0.15, 0.2) is 11.6 Å². The second-order valence-corrected chi connectivity index (χ2v) is 3.34. The molecule has 0 atom stereocenters. The highest BCUT2D eigenvalue weighted by molar-refractivity contribution is 5.61. The molecular weight excluding hydrogens is 220 g/mol. The normalized spacial score (nSPS) is 10.2. The lowest BCUT2D eigenvalue weighted by molar-refractivity contribution is 0.415. The first-order chi connectivity index (χ1) is 8.31. The molecule has 0 saturated heterocycles. The average Bonchev–Trinajstić information content (AvgIpc) is 2.82. The number of hydrogen-bond acceptors (Lipinski definition) is 6. The Bertz CT molecular complexity index is 470. The lowest BCUT2D eigenvalue weighted by atomic mass is 10.4. The van der Waals surface area contributed by atoms with E-state index in [1.807, 2.05) is 16.9 Å². The van der Waals surface area contributed by atoms with Crippen molar-refractivity contribution in [3.63, 3.8) is 0 Å². The van der Waals surface area contributed by atoms with E-state index < -0.39 is 0 Å². The van der Waals surface area contributed by atoms with Gasteiger partial charge in [0.25, 0.3) is 0 Å². The molecule has 0 radical (unpaired) electrons. The van der Waals surface area contributed by atoms with Gasteiger partial charge in [-0.2, -0.15) is 5.10 Å². The highest BCUT2D eigenvalue weighted by Gasteiger charge is 2.08. The van der Waals surface area contributed by atoms with Gasteiger partial charge in [-0.25, -0.2) is 9.97 Å². The van der Waals surface area contributed by atoms with Gasteiger partial charge >= 0.3 is 0 Å². The van der Waals surface area contributed by atoms with Gasteiger partial charge in [-0.3, -0.25) is 4.68 Å². The summed E-state index contributed by atoms with van der Waals surface area (Å²) in [5, 5.41) is 7.22. The second kappa shape index (κ2) is 5.15. The zero-order valence-electron chi connectivity index (χ0n) is 9.50. The van der Waals surface area contributed by atoms with Gasteiger partial charge in [-0.15, -0.1) is 0 Å². The largest absolute Gasteiger partial charge is 0.490 e. The zero-order chi connectivity index (χ0) is 12.1. The van der Waals surface area contributed by atoms with Crippen molar-refractivity contribution in [1.29, 1.82) is 0 Å². The van der Waals surface area contributed by atoms with Crippen LogP contribution in [-0.2, 0) is 6.54 Å². The number of methoxy groups -OCH3 is 1. The summed E-state index contributed by atoms with van der Waals surface area (Å²) < 4.78 is 6.95. The number of aromatic nitrogens is 4. The van der Waals surface area contributed by atoms with Gasteiger partial charge in [0.2, 0.25) is 5.75 Å². The summed E-state index contributed by atoms with van der Waals surface area (Å²) in [7, 11) is 1.54. The molecule has 2 aromatic heterocycles. The lowest BCUT2D eigenvalue weighted by Gasteiger charge is -2.10. The van der Waals surface area contributed by atoms with Crippen LogP contribution >= 0.6 is 0 Å². The summed E-state index contributed by atoms with van der Waals surface area (Å²) >= 11 is 0. The van der Waals surface area contributed by atoms with Crippen LogP contribution in [0.2, 0.25) is 0 Å². The predicted molar refractivity (Wildman–Crippen MR) is 63.7 cm³/mol. The van der Waals surface area contributed by atoms with E-state index in [2.05, 4.69) is 20.4 Å². The van der Waals surface area contributed by atoms with E-state index in [9.17, 15) is 0 Å². The molecule has 2 rings (SSSR count). The van der Waals surface area contributed by atoms with Crippen LogP contribution in [0, 0.1) is 0 Å². The quantitative estimate of drug-likeness (QED) is 0.777. The molecule has 0 amide bonds. The fourth-order valence-electron chi connectivity index (χ4n) is 1.44. The van der Waals surface area contributed by atoms with E-state index in [1.165, 1.54) is 13.4 Å². The van der Waals surface area contributed by atoms with Crippen LogP contribution in [0.1, 0.15) is 0 Å².